The highest BCUT2D eigenvalue weighted by Crippen LogP contribution is 2.36. The van der Waals surface area contributed by atoms with E-state index in [1.807, 2.05) is 29.6 Å². The maximum atomic E-state index is 13.6. The van der Waals surface area contributed by atoms with Crippen molar-refractivity contribution in [2.45, 2.75) is 0 Å². The van der Waals surface area contributed by atoms with Crippen molar-refractivity contribution in [1.82, 2.24) is 4.98 Å². The molecule has 0 fully saturated rings. The van der Waals surface area contributed by atoms with Crippen LogP contribution in [0, 0.1) is 17.1 Å². The van der Waals surface area contributed by atoms with Gasteiger partial charge in [-0.15, -0.1) is 11.3 Å². The highest BCUT2D eigenvalue weighted by Gasteiger charge is 2.16. The van der Waals surface area contributed by atoms with Crippen molar-refractivity contribution in [1.29, 1.82) is 5.26 Å². The monoisotopic (exact) mass is 366 g/mol. The van der Waals surface area contributed by atoms with Crippen molar-refractivity contribution in [3.05, 3.63) is 58.7 Å². The third-order valence-electron chi connectivity index (χ3n) is 3.64. The summed E-state index contributed by atoms with van der Waals surface area (Å²) in [6, 6.07) is 13.6. The van der Waals surface area contributed by atoms with E-state index < -0.39 is 5.82 Å². The Labute approximate surface area is 152 Å². The van der Waals surface area contributed by atoms with E-state index in [1.54, 1.807) is 12.1 Å². The summed E-state index contributed by atoms with van der Waals surface area (Å²) in [7, 11) is 0. The predicted molar refractivity (Wildman–Crippen MR) is 95.8 cm³/mol. The molecule has 6 nitrogen and oxygen atoms in total. The number of nitriles is 1. The number of aromatic nitrogens is 1. The molecule has 0 aliphatic carbocycles. The molecule has 0 unspecified atom stereocenters. The number of hydrogen-bond acceptors (Lipinski definition) is 7. The molecule has 3 aromatic rings. The van der Waals surface area contributed by atoms with Gasteiger partial charge in [0.25, 0.3) is 0 Å². The molecule has 0 bridgehead atoms. The number of para-hydroxylation sites is 1. The molecule has 1 aromatic heterocycles. The van der Waals surface area contributed by atoms with Crippen molar-refractivity contribution >= 4 is 22.7 Å². The molecular weight excluding hydrogens is 355 g/mol. The molecule has 1 aliphatic rings. The van der Waals surface area contributed by atoms with E-state index in [0.717, 1.165) is 5.56 Å². The number of hydrogen-bond donors (Lipinski definition) is 1. The van der Waals surface area contributed by atoms with Gasteiger partial charge in [0.15, 0.2) is 22.2 Å². The first-order chi connectivity index (χ1) is 12.7. The minimum absolute atomic E-state index is 0.0743. The second kappa shape index (κ2) is 6.82. The molecule has 0 saturated heterocycles. The lowest BCUT2D eigenvalue weighted by atomic mass is 10.1. The van der Waals surface area contributed by atoms with Crippen molar-refractivity contribution < 1.29 is 13.9 Å². The fourth-order valence-electron chi connectivity index (χ4n) is 2.36. The zero-order chi connectivity index (χ0) is 17.9. The van der Waals surface area contributed by atoms with Crippen LogP contribution in [0.4, 0.5) is 10.1 Å². The summed E-state index contributed by atoms with van der Waals surface area (Å²) < 4.78 is 24.3. The first kappa shape index (κ1) is 16.1. The Morgan fingerprint density at radius 3 is 2.92 bits per heavy atom. The lowest BCUT2D eigenvalue weighted by Crippen LogP contribution is -2.02. The zero-order valence-corrected chi connectivity index (χ0v) is 14.1. The van der Waals surface area contributed by atoms with Crippen molar-refractivity contribution in [3.63, 3.8) is 0 Å². The second-order valence-corrected chi connectivity index (χ2v) is 6.13. The third-order valence-corrected chi connectivity index (χ3v) is 4.49. The Morgan fingerprint density at radius 2 is 2.08 bits per heavy atom. The molecule has 26 heavy (non-hydrogen) atoms. The fourth-order valence-corrected chi connectivity index (χ4v) is 3.13. The molecule has 128 valence electrons. The number of fused-ring (bicyclic) bond motifs is 1. The lowest BCUT2D eigenvalue weighted by molar-refractivity contribution is 0.174. The molecule has 1 N–H and O–H groups in total. The van der Waals surface area contributed by atoms with Gasteiger partial charge < -0.3 is 9.47 Å². The Balaban J connectivity index is 1.59. The third kappa shape index (κ3) is 3.08. The maximum Gasteiger partial charge on any atom is 0.231 e. The molecule has 0 spiro atoms. The molecule has 0 amide bonds. The highest BCUT2D eigenvalue weighted by atomic mass is 32.1. The van der Waals surface area contributed by atoms with Crippen LogP contribution in [0.25, 0.3) is 11.3 Å². The summed E-state index contributed by atoms with van der Waals surface area (Å²) in [5.74, 6) is 0.902. The van der Waals surface area contributed by atoms with Gasteiger partial charge in [-0.25, -0.2) is 9.37 Å². The quantitative estimate of drug-likeness (QED) is 0.557. The number of nitrogens with zero attached hydrogens (tertiary/aromatic N) is 3. The molecule has 1 aliphatic heterocycles. The van der Waals surface area contributed by atoms with Crippen molar-refractivity contribution in [3.8, 4) is 28.8 Å². The van der Waals surface area contributed by atoms with Gasteiger partial charge in [0.2, 0.25) is 6.79 Å². The van der Waals surface area contributed by atoms with Crippen molar-refractivity contribution in [2.75, 3.05) is 12.2 Å². The van der Waals surface area contributed by atoms with Crippen LogP contribution in [0.3, 0.4) is 0 Å². The van der Waals surface area contributed by atoms with Gasteiger partial charge in [-0.3, -0.25) is 5.43 Å². The largest absolute Gasteiger partial charge is 0.454 e. The Bertz CT molecular complexity index is 1040. The molecular formula is C18H11FN4O2S. The predicted octanol–water partition coefficient (Wildman–Crippen LogP) is 4.02. The van der Waals surface area contributed by atoms with Gasteiger partial charge in [0, 0.05) is 10.9 Å². The summed E-state index contributed by atoms with van der Waals surface area (Å²) >= 11 is 1.28. The zero-order valence-electron chi connectivity index (χ0n) is 13.3. The topological polar surface area (TPSA) is 79.5 Å². The average Bonchev–Trinajstić information content (AvgIpc) is 3.32. The number of ether oxygens (including phenoxy) is 2. The Kier molecular flexibility index (Phi) is 4.21. The molecule has 8 heteroatoms. The van der Waals surface area contributed by atoms with Crippen LogP contribution in [0.1, 0.15) is 5.01 Å². The van der Waals surface area contributed by atoms with Gasteiger partial charge in [-0.05, 0) is 30.3 Å². The Hall–Kier alpha value is -3.44. The van der Waals surface area contributed by atoms with Crippen LogP contribution in [-0.4, -0.2) is 17.5 Å². The van der Waals surface area contributed by atoms with Gasteiger partial charge in [-0.1, -0.05) is 12.1 Å². The van der Waals surface area contributed by atoms with Crippen LogP contribution < -0.4 is 14.9 Å². The molecule has 0 radical (unpaired) electrons. The van der Waals surface area contributed by atoms with Crippen LogP contribution in [0.2, 0.25) is 0 Å². The number of nitrogens with one attached hydrogen (secondary N) is 1. The van der Waals surface area contributed by atoms with E-state index in [0.29, 0.717) is 22.2 Å². The number of benzene rings is 2. The van der Waals surface area contributed by atoms with Gasteiger partial charge in [0.1, 0.15) is 11.9 Å². The summed E-state index contributed by atoms with van der Waals surface area (Å²) in [6.45, 7) is 0.202. The van der Waals surface area contributed by atoms with Gasteiger partial charge >= 0.3 is 0 Å². The molecule has 0 saturated carbocycles. The lowest BCUT2D eigenvalue weighted by Gasteiger charge is -2.01. The molecule has 4 rings (SSSR count). The van der Waals surface area contributed by atoms with Gasteiger partial charge in [0.05, 0.1) is 11.4 Å². The van der Waals surface area contributed by atoms with Crippen LogP contribution in [0.5, 0.6) is 11.5 Å². The first-order valence-corrected chi connectivity index (χ1v) is 8.47. The minimum atomic E-state index is -0.450. The highest BCUT2D eigenvalue weighted by molar-refractivity contribution is 7.12. The fraction of sp³-hybridized carbons (Fsp3) is 0.0556. The number of anilines is 1. The van der Waals surface area contributed by atoms with Gasteiger partial charge in [-0.2, -0.15) is 10.4 Å². The van der Waals surface area contributed by atoms with Crippen LogP contribution in [0.15, 0.2) is 52.9 Å². The van der Waals surface area contributed by atoms with Crippen LogP contribution in [-0.2, 0) is 0 Å². The maximum absolute atomic E-state index is 13.6. The number of halogens is 1. The smallest absolute Gasteiger partial charge is 0.231 e. The van der Waals surface area contributed by atoms with E-state index in [-0.39, 0.29) is 18.2 Å². The molecule has 0 atom stereocenters. The number of rotatable bonds is 4. The minimum Gasteiger partial charge on any atom is -0.454 e. The summed E-state index contributed by atoms with van der Waals surface area (Å²) in [5.41, 5.74) is 4.36. The van der Waals surface area contributed by atoms with E-state index in [9.17, 15) is 9.65 Å². The molecule has 2 heterocycles. The Morgan fingerprint density at radius 1 is 1.23 bits per heavy atom. The van der Waals surface area contributed by atoms with Crippen LogP contribution >= 0.6 is 11.3 Å². The number of thiazole rings is 1. The summed E-state index contributed by atoms with van der Waals surface area (Å²) in [6.07, 6.45) is 0. The summed E-state index contributed by atoms with van der Waals surface area (Å²) in [4.78, 5) is 4.45. The van der Waals surface area contributed by atoms with E-state index in [1.165, 1.54) is 23.5 Å². The molecule has 2 aromatic carbocycles. The van der Waals surface area contributed by atoms with E-state index in [4.69, 9.17) is 9.47 Å². The number of hydrazone groups is 1. The first-order valence-electron chi connectivity index (χ1n) is 7.59. The average molecular weight is 366 g/mol. The van der Waals surface area contributed by atoms with E-state index in [2.05, 4.69) is 15.5 Å². The van der Waals surface area contributed by atoms with Crippen molar-refractivity contribution in [2.24, 2.45) is 5.10 Å². The SMILES string of the molecule is N#C/C(=N\Nc1ccccc1F)c1nc(-c2ccc3c(c2)OCO3)cs1. The van der Waals surface area contributed by atoms with E-state index >= 15 is 0 Å². The second-order valence-electron chi connectivity index (χ2n) is 5.27. The summed E-state index contributed by atoms with van der Waals surface area (Å²) in [5, 5.41) is 15.6. The standard InChI is InChI=1S/C18H11FN4O2S/c19-12-3-1-2-4-13(12)22-23-14(8-20)18-21-15(9-26-18)11-5-6-16-17(7-11)25-10-24-16/h1-7,9,22H,10H2/b23-14+. The normalized spacial score (nSPS) is 12.7.